The molecule has 1 aromatic heterocycles. The molecule has 0 aliphatic heterocycles. The molecule has 1 N–H and O–H groups in total. The molecule has 0 amide bonds. The molecule has 0 bridgehead atoms. The minimum absolute atomic E-state index is 0.465. The lowest BCUT2D eigenvalue weighted by atomic mass is 10.00. The van der Waals surface area contributed by atoms with E-state index in [0.717, 1.165) is 4.88 Å². The third kappa shape index (κ3) is 3.09. The minimum Gasteiger partial charge on any atom is -0.387 e. The zero-order chi connectivity index (χ0) is 12.4. The van der Waals surface area contributed by atoms with E-state index in [0.29, 0.717) is 11.4 Å². The maximum atomic E-state index is 10.2. The average molecular weight is 267 g/mol. The van der Waals surface area contributed by atoms with Gasteiger partial charge in [0.05, 0.1) is 11.1 Å². The summed E-state index contributed by atoms with van der Waals surface area (Å²) >= 11 is 7.37. The Labute approximate surface area is 111 Å². The SMILES string of the molecule is Cc1ccc(C)c(CC(O)c2cc(Cl)cs2)c1. The Kier molecular flexibility index (Phi) is 3.87. The fourth-order valence-electron chi connectivity index (χ4n) is 1.83. The maximum absolute atomic E-state index is 10.2. The van der Waals surface area contributed by atoms with Crippen molar-refractivity contribution in [3.63, 3.8) is 0 Å². The van der Waals surface area contributed by atoms with Crippen LogP contribution in [0, 0.1) is 13.8 Å². The molecule has 2 aromatic rings. The van der Waals surface area contributed by atoms with Crippen LogP contribution in [-0.2, 0) is 6.42 Å². The van der Waals surface area contributed by atoms with Crippen molar-refractivity contribution in [3.8, 4) is 0 Å². The van der Waals surface area contributed by atoms with Gasteiger partial charge in [0.2, 0.25) is 0 Å². The predicted molar refractivity (Wildman–Crippen MR) is 73.9 cm³/mol. The van der Waals surface area contributed by atoms with Crippen LogP contribution in [0.25, 0.3) is 0 Å². The molecule has 1 nitrogen and oxygen atoms in total. The summed E-state index contributed by atoms with van der Waals surface area (Å²) < 4.78 is 0. The molecule has 0 saturated carbocycles. The van der Waals surface area contributed by atoms with Crippen molar-refractivity contribution >= 4 is 22.9 Å². The highest BCUT2D eigenvalue weighted by atomic mass is 35.5. The number of rotatable bonds is 3. The number of hydrogen-bond donors (Lipinski definition) is 1. The summed E-state index contributed by atoms with van der Waals surface area (Å²) in [5.41, 5.74) is 3.64. The molecule has 1 atom stereocenters. The summed E-state index contributed by atoms with van der Waals surface area (Å²) in [5, 5.41) is 12.7. The second-order valence-electron chi connectivity index (χ2n) is 4.32. The topological polar surface area (TPSA) is 20.2 Å². The molecule has 90 valence electrons. The Bertz CT molecular complexity index is 519. The van der Waals surface area contributed by atoms with Gasteiger partial charge in [-0.05, 0) is 31.0 Å². The van der Waals surface area contributed by atoms with Gasteiger partial charge in [0.25, 0.3) is 0 Å². The molecule has 3 heteroatoms. The lowest BCUT2D eigenvalue weighted by Gasteiger charge is -2.11. The van der Waals surface area contributed by atoms with Crippen molar-refractivity contribution < 1.29 is 5.11 Å². The number of aliphatic hydroxyl groups excluding tert-OH is 1. The van der Waals surface area contributed by atoms with Gasteiger partial charge in [-0.3, -0.25) is 0 Å². The van der Waals surface area contributed by atoms with E-state index in [1.807, 2.05) is 11.4 Å². The molecule has 0 aliphatic carbocycles. The van der Waals surface area contributed by atoms with Gasteiger partial charge in [-0.1, -0.05) is 35.4 Å². The Morgan fingerprint density at radius 3 is 2.71 bits per heavy atom. The van der Waals surface area contributed by atoms with Crippen LogP contribution in [0.1, 0.15) is 27.7 Å². The standard InChI is InChI=1S/C14H15ClOS/c1-9-3-4-10(2)11(5-9)6-13(16)14-7-12(15)8-17-14/h3-5,7-8,13,16H,6H2,1-2H3. The van der Waals surface area contributed by atoms with Crippen molar-refractivity contribution in [3.05, 3.63) is 56.2 Å². The molecule has 1 heterocycles. The summed E-state index contributed by atoms with van der Waals surface area (Å²) in [4.78, 5) is 0.927. The van der Waals surface area contributed by atoms with Crippen molar-refractivity contribution in [2.24, 2.45) is 0 Å². The van der Waals surface area contributed by atoms with Gasteiger partial charge in [-0.2, -0.15) is 0 Å². The first-order valence-electron chi connectivity index (χ1n) is 5.54. The van der Waals surface area contributed by atoms with Gasteiger partial charge >= 0.3 is 0 Å². The Balaban J connectivity index is 2.18. The van der Waals surface area contributed by atoms with E-state index >= 15 is 0 Å². The van der Waals surface area contributed by atoms with Gasteiger partial charge in [-0.15, -0.1) is 11.3 Å². The third-order valence-electron chi connectivity index (χ3n) is 2.83. The van der Waals surface area contributed by atoms with Crippen molar-refractivity contribution in [1.29, 1.82) is 0 Å². The highest BCUT2D eigenvalue weighted by Crippen LogP contribution is 2.28. The Hall–Kier alpha value is -0.830. The second kappa shape index (κ2) is 5.21. The number of aliphatic hydroxyl groups is 1. The fourth-order valence-corrected chi connectivity index (χ4v) is 2.90. The van der Waals surface area contributed by atoms with Crippen molar-refractivity contribution in [2.75, 3.05) is 0 Å². The summed E-state index contributed by atoms with van der Waals surface area (Å²) in [6.07, 6.45) is 0.178. The van der Waals surface area contributed by atoms with Crippen LogP contribution in [0.5, 0.6) is 0 Å². The number of benzene rings is 1. The highest BCUT2D eigenvalue weighted by molar-refractivity contribution is 7.10. The molecular weight excluding hydrogens is 252 g/mol. The number of hydrogen-bond acceptors (Lipinski definition) is 2. The van der Waals surface area contributed by atoms with Crippen LogP contribution < -0.4 is 0 Å². The summed E-state index contributed by atoms with van der Waals surface area (Å²) in [7, 11) is 0. The summed E-state index contributed by atoms with van der Waals surface area (Å²) in [5.74, 6) is 0. The molecule has 2 rings (SSSR count). The van der Waals surface area contributed by atoms with Gasteiger partial charge < -0.3 is 5.11 Å². The average Bonchev–Trinajstić information content (AvgIpc) is 2.70. The van der Waals surface area contributed by atoms with Crippen molar-refractivity contribution in [1.82, 2.24) is 0 Å². The van der Waals surface area contributed by atoms with E-state index in [-0.39, 0.29) is 0 Å². The largest absolute Gasteiger partial charge is 0.387 e. The smallest absolute Gasteiger partial charge is 0.0922 e. The molecule has 0 radical (unpaired) electrons. The molecule has 0 fully saturated rings. The van der Waals surface area contributed by atoms with E-state index in [9.17, 15) is 5.11 Å². The summed E-state index contributed by atoms with van der Waals surface area (Å²) in [6, 6.07) is 8.15. The quantitative estimate of drug-likeness (QED) is 0.878. The van der Waals surface area contributed by atoms with Crippen LogP contribution in [-0.4, -0.2) is 5.11 Å². The number of halogens is 1. The molecule has 0 saturated heterocycles. The van der Waals surface area contributed by atoms with Crippen LogP contribution in [0.15, 0.2) is 29.6 Å². The van der Waals surface area contributed by atoms with E-state index in [4.69, 9.17) is 11.6 Å². The fraction of sp³-hybridized carbons (Fsp3) is 0.286. The molecule has 1 aromatic carbocycles. The Morgan fingerprint density at radius 2 is 2.06 bits per heavy atom. The maximum Gasteiger partial charge on any atom is 0.0922 e. The van der Waals surface area contributed by atoms with Gasteiger partial charge in [0.1, 0.15) is 0 Å². The van der Waals surface area contributed by atoms with E-state index < -0.39 is 6.10 Å². The molecular formula is C14H15ClOS. The first-order chi connectivity index (χ1) is 8.06. The lowest BCUT2D eigenvalue weighted by Crippen LogP contribution is -2.01. The van der Waals surface area contributed by atoms with Crippen molar-refractivity contribution in [2.45, 2.75) is 26.4 Å². The first kappa shape index (κ1) is 12.6. The van der Waals surface area contributed by atoms with Crippen LogP contribution >= 0.6 is 22.9 Å². The van der Waals surface area contributed by atoms with Gasteiger partial charge in [0, 0.05) is 16.7 Å². The lowest BCUT2D eigenvalue weighted by molar-refractivity contribution is 0.182. The van der Waals surface area contributed by atoms with E-state index in [2.05, 4.69) is 32.0 Å². The molecule has 1 unspecified atom stereocenters. The van der Waals surface area contributed by atoms with Gasteiger partial charge in [-0.25, -0.2) is 0 Å². The molecule has 17 heavy (non-hydrogen) atoms. The van der Waals surface area contributed by atoms with E-state index in [1.165, 1.54) is 28.0 Å². The number of thiophene rings is 1. The highest BCUT2D eigenvalue weighted by Gasteiger charge is 2.12. The number of aryl methyl sites for hydroxylation is 2. The van der Waals surface area contributed by atoms with Crippen LogP contribution in [0.2, 0.25) is 5.02 Å². The predicted octanol–water partition coefficient (Wildman–Crippen LogP) is 4.29. The zero-order valence-electron chi connectivity index (χ0n) is 9.90. The van der Waals surface area contributed by atoms with E-state index in [1.54, 1.807) is 0 Å². The summed E-state index contributed by atoms with van der Waals surface area (Å²) in [6.45, 7) is 4.14. The molecule has 0 spiro atoms. The van der Waals surface area contributed by atoms with Crippen LogP contribution in [0.3, 0.4) is 0 Å². The zero-order valence-corrected chi connectivity index (χ0v) is 11.5. The first-order valence-corrected chi connectivity index (χ1v) is 6.80. The normalized spacial score (nSPS) is 12.7. The Morgan fingerprint density at radius 1 is 1.29 bits per heavy atom. The molecule has 0 aliphatic rings. The minimum atomic E-state index is -0.465. The third-order valence-corrected chi connectivity index (χ3v) is 4.22. The second-order valence-corrected chi connectivity index (χ2v) is 5.70. The van der Waals surface area contributed by atoms with Crippen LogP contribution in [0.4, 0.5) is 0 Å². The van der Waals surface area contributed by atoms with Gasteiger partial charge in [0.15, 0.2) is 0 Å². The monoisotopic (exact) mass is 266 g/mol.